The largest absolute Gasteiger partial charge is 0.472 e. The van der Waals surface area contributed by atoms with Crippen LogP contribution in [0.1, 0.15) is 420 Å². The molecule has 0 aliphatic heterocycles. The molecule has 0 aromatic heterocycles. The van der Waals surface area contributed by atoms with Crippen molar-refractivity contribution < 1.29 is 80.2 Å². The van der Waals surface area contributed by atoms with Crippen molar-refractivity contribution in [2.45, 2.75) is 438 Å². The minimum absolute atomic E-state index is 0.108. The van der Waals surface area contributed by atoms with Gasteiger partial charge in [0.15, 0.2) is 12.2 Å². The number of carbonyl (C=O) groups is 4. The fourth-order valence-electron chi connectivity index (χ4n) is 12.2. The molecular weight excluding hydrogens is 1280 g/mol. The van der Waals surface area contributed by atoms with Crippen LogP contribution in [0.15, 0.2) is 0 Å². The Morgan fingerprint density at radius 3 is 0.694 bits per heavy atom. The number of aliphatic hydroxyl groups is 1. The maximum atomic E-state index is 13.1. The van der Waals surface area contributed by atoms with Crippen molar-refractivity contribution >= 4 is 39.5 Å². The van der Waals surface area contributed by atoms with E-state index in [1.165, 1.54) is 244 Å². The Labute approximate surface area is 600 Å². The van der Waals surface area contributed by atoms with Crippen molar-refractivity contribution in [3.05, 3.63) is 0 Å². The number of unbranched alkanes of at least 4 members (excludes halogenated alkanes) is 51. The summed E-state index contributed by atoms with van der Waals surface area (Å²) in [6.07, 6.45) is 62.2. The topological polar surface area (TPSA) is 237 Å². The fourth-order valence-corrected chi connectivity index (χ4v) is 13.8. The summed E-state index contributed by atoms with van der Waals surface area (Å²) in [7, 11) is -9.92. The van der Waals surface area contributed by atoms with Gasteiger partial charge in [-0.05, 0) is 31.6 Å². The summed E-state index contributed by atoms with van der Waals surface area (Å²) in [6.45, 7) is 7.35. The second-order valence-electron chi connectivity index (χ2n) is 28.9. The van der Waals surface area contributed by atoms with E-state index in [4.69, 9.17) is 37.0 Å². The normalized spacial score (nSPS) is 13.9. The quantitative estimate of drug-likeness (QED) is 0.0222. The molecule has 0 bridgehead atoms. The molecule has 0 rings (SSSR count). The summed E-state index contributed by atoms with van der Waals surface area (Å²) in [6, 6.07) is 0. The molecule has 19 heteroatoms. The highest BCUT2D eigenvalue weighted by Gasteiger charge is 2.30. The highest BCUT2D eigenvalue weighted by molar-refractivity contribution is 7.47. The third-order valence-corrected chi connectivity index (χ3v) is 20.4. The van der Waals surface area contributed by atoms with Crippen LogP contribution in [0.3, 0.4) is 0 Å². The number of hydrogen-bond acceptors (Lipinski definition) is 15. The molecule has 0 aliphatic rings. The van der Waals surface area contributed by atoms with E-state index in [0.29, 0.717) is 25.7 Å². The maximum absolute atomic E-state index is 13.1. The highest BCUT2D eigenvalue weighted by Crippen LogP contribution is 2.45. The zero-order chi connectivity index (χ0) is 71.9. The number of phosphoric acid groups is 2. The lowest BCUT2D eigenvalue weighted by Crippen LogP contribution is -2.30. The second kappa shape index (κ2) is 72.0. The lowest BCUT2D eigenvalue weighted by molar-refractivity contribution is -0.161. The van der Waals surface area contributed by atoms with Crippen LogP contribution >= 0.6 is 15.6 Å². The van der Waals surface area contributed by atoms with Crippen molar-refractivity contribution in [1.82, 2.24) is 0 Å². The van der Waals surface area contributed by atoms with Gasteiger partial charge in [0.2, 0.25) is 0 Å². The van der Waals surface area contributed by atoms with E-state index in [0.717, 1.165) is 95.8 Å². The molecule has 0 aromatic carbocycles. The van der Waals surface area contributed by atoms with Crippen LogP contribution in [0.25, 0.3) is 0 Å². The van der Waals surface area contributed by atoms with Crippen molar-refractivity contribution in [2.24, 2.45) is 5.92 Å². The van der Waals surface area contributed by atoms with Crippen LogP contribution in [0.4, 0.5) is 0 Å². The van der Waals surface area contributed by atoms with Gasteiger partial charge in [0.25, 0.3) is 0 Å². The van der Waals surface area contributed by atoms with Crippen LogP contribution in [0.5, 0.6) is 0 Å². The van der Waals surface area contributed by atoms with Gasteiger partial charge in [-0.1, -0.05) is 369 Å². The smallest absolute Gasteiger partial charge is 0.462 e. The third-order valence-electron chi connectivity index (χ3n) is 18.5. The zero-order valence-corrected chi connectivity index (χ0v) is 65.7. The predicted molar refractivity (Wildman–Crippen MR) is 400 cm³/mol. The number of carbonyl (C=O) groups excluding carboxylic acids is 4. The van der Waals surface area contributed by atoms with Gasteiger partial charge < -0.3 is 33.8 Å². The Kier molecular flexibility index (Phi) is 70.6. The molecular formula is C79H154O17P2. The first-order valence-corrected chi connectivity index (χ1v) is 44.1. The average Bonchev–Trinajstić information content (AvgIpc) is 1.10. The first-order valence-electron chi connectivity index (χ1n) is 41.1. The average molecular weight is 1440 g/mol. The van der Waals surface area contributed by atoms with E-state index in [1.54, 1.807) is 0 Å². The third kappa shape index (κ3) is 72.4. The van der Waals surface area contributed by atoms with Crippen molar-refractivity contribution in [3.8, 4) is 0 Å². The summed E-state index contributed by atoms with van der Waals surface area (Å²) in [5.41, 5.74) is 0. The Balaban J connectivity index is 5.25. The van der Waals surface area contributed by atoms with Crippen LogP contribution in [0, 0.1) is 5.92 Å². The number of aliphatic hydroxyl groups excluding tert-OH is 1. The SMILES string of the molecule is CCCCCCCCCCCCCCCCCC(=O)OC[C@H](COP(=O)(O)OC[C@@H](O)COP(=O)(O)OC[C@@H](COC(=O)CCCCCCCCCCCCC)OC(=O)CCCCCCCCCCCCCCCCC)OC(=O)CCCCCCCCCCCCCCCCC(C)C. The Morgan fingerprint density at radius 2 is 0.469 bits per heavy atom. The molecule has 17 nitrogen and oxygen atoms in total. The summed E-state index contributed by atoms with van der Waals surface area (Å²) in [5.74, 6) is -1.31. The standard InChI is InChI=1S/C79H154O17P2/c1-6-9-12-15-18-21-24-26-28-33-38-43-48-53-58-63-77(82)90-69-75(96-79(84)65-60-55-50-45-40-35-31-30-32-37-41-46-51-56-61-72(4)5)71-94-98(87,88)92-67-73(80)66-91-97(85,86)93-70-74(68-89-76(81)62-57-52-47-42-36-23-20-17-14-11-8-3)95-78(83)64-59-54-49-44-39-34-29-27-25-22-19-16-13-10-7-2/h72-75,80H,6-71H2,1-5H3,(H,85,86)(H,87,88)/t73-,74+,75+/m0/s1. The van der Waals surface area contributed by atoms with Crippen molar-refractivity contribution in [2.75, 3.05) is 39.6 Å². The number of hydrogen-bond donors (Lipinski definition) is 3. The monoisotopic (exact) mass is 1440 g/mol. The molecule has 0 fully saturated rings. The lowest BCUT2D eigenvalue weighted by atomic mass is 10.0. The molecule has 0 amide bonds. The van der Waals surface area contributed by atoms with Gasteiger partial charge in [0.05, 0.1) is 26.4 Å². The van der Waals surface area contributed by atoms with E-state index in [-0.39, 0.29) is 25.7 Å². The van der Waals surface area contributed by atoms with Gasteiger partial charge in [-0.2, -0.15) is 0 Å². The molecule has 2 unspecified atom stereocenters. The number of phosphoric ester groups is 2. The minimum Gasteiger partial charge on any atom is -0.462 e. The molecule has 0 aliphatic carbocycles. The van der Waals surface area contributed by atoms with E-state index in [2.05, 4.69) is 34.6 Å². The molecule has 582 valence electrons. The molecule has 0 aromatic rings. The van der Waals surface area contributed by atoms with Crippen LogP contribution in [-0.2, 0) is 65.4 Å². The van der Waals surface area contributed by atoms with Crippen molar-refractivity contribution in [3.63, 3.8) is 0 Å². The zero-order valence-electron chi connectivity index (χ0n) is 63.9. The molecule has 3 N–H and O–H groups in total. The Hall–Kier alpha value is -1.94. The Bertz CT molecular complexity index is 1870. The molecule has 0 saturated carbocycles. The number of rotatable bonds is 79. The lowest BCUT2D eigenvalue weighted by Gasteiger charge is -2.21. The molecule has 0 saturated heterocycles. The van der Waals surface area contributed by atoms with E-state index >= 15 is 0 Å². The summed E-state index contributed by atoms with van der Waals surface area (Å²) >= 11 is 0. The van der Waals surface area contributed by atoms with Gasteiger partial charge in [-0.3, -0.25) is 37.3 Å². The van der Waals surface area contributed by atoms with E-state index in [9.17, 15) is 43.2 Å². The molecule has 0 radical (unpaired) electrons. The first kappa shape index (κ1) is 96.1. The fraction of sp³-hybridized carbons (Fsp3) is 0.949. The molecule has 98 heavy (non-hydrogen) atoms. The molecule has 0 heterocycles. The summed E-state index contributed by atoms with van der Waals surface area (Å²) in [5, 5.41) is 10.6. The number of esters is 4. The van der Waals surface area contributed by atoms with Crippen molar-refractivity contribution in [1.29, 1.82) is 0 Å². The van der Waals surface area contributed by atoms with Gasteiger partial charge >= 0.3 is 39.5 Å². The van der Waals surface area contributed by atoms with Crippen LogP contribution in [-0.4, -0.2) is 96.7 Å². The van der Waals surface area contributed by atoms with E-state index in [1.807, 2.05) is 0 Å². The molecule has 5 atom stereocenters. The highest BCUT2D eigenvalue weighted by atomic mass is 31.2. The van der Waals surface area contributed by atoms with Crippen LogP contribution < -0.4 is 0 Å². The van der Waals surface area contributed by atoms with Crippen LogP contribution in [0.2, 0.25) is 0 Å². The second-order valence-corrected chi connectivity index (χ2v) is 31.8. The van der Waals surface area contributed by atoms with Gasteiger partial charge in [0, 0.05) is 25.7 Å². The van der Waals surface area contributed by atoms with E-state index < -0.39 is 97.5 Å². The van der Waals surface area contributed by atoms with Gasteiger partial charge in [-0.25, -0.2) is 9.13 Å². The minimum atomic E-state index is -4.96. The van der Waals surface area contributed by atoms with Gasteiger partial charge in [-0.15, -0.1) is 0 Å². The number of ether oxygens (including phenoxy) is 4. The Morgan fingerprint density at radius 1 is 0.276 bits per heavy atom. The van der Waals surface area contributed by atoms with Gasteiger partial charge in [0.1, 0.15) is 19.3 Å². The maximum Gasteiger partial charge on any atom is 0.472 e. The summed E-state index contributed by atoms with van der Waals surface area (Å²) in [4.78, 5) is 73.0. The summed E-state index contributed by atoms with van der Waals surface area (Å²) < 4.78 is 68.7. The molecule has 0 spiro atoms. The predicted octanol–water partition coefficient (Wildman–Crippen LogP) is 23.6. The first-order chi connectivity index (χ1) is 47.5.